The second-order valence-corrected chi connectivity index (χ2v) is 6.44. The van der Waals surface area contributed by atoms with Crippen molar-refractivity contribution in [2.45, 2.75) is 79.0 Å². The summed E-state index contributed by atoms with van der Waals surface area (Å²) in [4.78, 5) is 0. The molecule has 0 radical (unpaired) electrons. The molecule has 0 aromatic carbocycles. The third-order valence-electron chi connectivity index (χ3n) is 3.28. The molecular weight excluding hydrogens is 250 g/mol. The third-order valence-corrected chi connectivity index (χ3v) is 3.28. The molecule has 0 aliphatic heterocycles. The Kier molecular flexibility index (Phi) is 6.21. The van der Waals surface area contributed by atoms with Crippen LogP contribution in [0.3, 0.4) is 0 Å². The summed E-state index contributed by atoms with van der Waals surface area (Å²) in [6.45, 7) is 14.1. The summed E-state index contributed by atoms with van der Waals surface area (Å²) in [5.74, 6) is 0. The monoisotopic (exact) mass is 281 g/mol. The van der Waals surface area contributed by atoms with Crippen molar-refractivity contribution in [2.75, 3.05) is 6.61 Å². The summed E-state index contributed by atoms with van der Waals surface area (Å²) in [5, 5.41) is 4.75. The van der Waals surface area contributed by atoms with Crippen LogP contribution in [0.15, 0.2) is 0 Å². The van der Waals surface area contributed by atoms with E-state index >= 15 is 0 Å². The van der Waals surface area contributed by atoms with Gasteiger partial charge in [-0.2, -0.15) is 5.10 Å². The molecule has 0 aliphatic carbocycles. The SMILES string of the molecule is CCc1nn(CCOC(C)(C)C)c(CC)c1CC(C)N. The van der Waals surface area contributed by atoms with E-state index in [0.717, 1.165) is 25.8 Å². The quantitative estimate of drug-likeness (QED) is 0.836. The number of aromatic nitrogens is 2. The molecule has 116 valence electrons. The van der Waals surface area contributed by atoms with Crippen molar-refractivity contribution in [1.82, 2.24) is 9.78 Å². The van der Waals surface area contributed by atoms with E-state index in [1.165, 1.54) is 17.0 Å². The van der Waals surface area contributed by atoms with Crippen molar-refractivity contribution < 1.29 is 4.74 Å². The van der Waals surface area contributed by atoms with Gasteiger partial charge in [-0.05, 0) is 52.5 Å². The van der Waals surface area contributed by atoms with Gasteiger partial charge in [-0.1, -0.05) is 13.8 Å². The molecule has 0 saturated carbocycles. The molecule has 1 unspecified atom stereocenters. The predicted octanol–water partition coefficient (Wildman–Crippen LogP) is 2.71. The number of hydrogen-bond donors (Lipinski definition) is 1. The van der Waals surface area contributed by atoms with Gasteiger partial charge in [-0.25, -0.2) is 0 Å². The van der Waals surface area contributed by atoms with E-state index in [1.54, 1.807) is 0 Å². The van der Waals surface area contributed by atoms with Gasteiger partial charge in [-0.3, -0.25) is 4.68 Å². The Morgan fingerprint density at radius 2 is 1.90 bits per heavy atom. The smallest absolute Gasteiger partial charge is 0.0669 e. The molecule has 0 saturated heterocycles. The van der Waals surface area contributed by atoms with E-state index in [1.807, 2.05) is 0 Å². The molecule has 2 N–H and O–H groups in total. The van der Waals surface area contributed by atoms with E-state index in [9.17, 15) is 0 Å². The fourth-order valence-electron chi connectivity index (χ4n) is 2.45. The number of hydrogen-bond acceptors (Lipinski definition) is 3. The van der Waals surface area contributed by atoms with Crippen LogP contribution in [0, 0.1) is 0 Å². The molecule has 4 nitrogen and oxygen atoms in total. The van der Waals surface area contributed by atoms with Gasteiger partial charge in [0.1, 0.15) is 0 Å². The number of aryl methyl sites for hydroxylation is 1. The highest BCUT2D eigenvalue weighted by atomic mass is 16.5. The molecule has 0 bridgehead atoms. The highest BCUT2D eigenvalue weighted by molar-refractivity contribution is 5.27. The van der Waals surface area contributed by atoms with Crippen LogP contribution in [-0.2, 0) is 30.5 Å². The summed E-state index contributed by atoms with van der Waals surface area (Å²) in [6, 6.07) is 0.175. The zero-order valence-corrected chi connectivity index (χ0v) is 14.0. The van der Waals surface area contributed by atoms with Crippen molar-refractivity contribution >= 4 is 0 Å². The molecule has 1 heterocycles. The Bertz CT molecular complexity index is 416. The fraction of sp³-hybridized carbons (Fsp3) is 0.812. The fourth-order valence-corrected chi connectivity index (χ4v) is 2.45. The van der Waals surface area contributed by atoms with Gasteiger partial charge in [0.2, 0.25) is 0 Å². The Morgan fingerprint density at radius 3 is 2.35 bits per heavy atom. The average molecular weight is 281 g/mol. The first-order chi connectivity index (χ1) is 9.28. The Hall–Kier alpha value is -0.870. The van der Waals surface area contributed by atoms with E-state index in [4.69, 9.17) is 15.6 Å². The Balaban J connectivity index is 2.87. The summed E-state index contributed by atoms with van der Waals surface area (Å²) in [5.41, 5.74) is 9.73. The number of nitrogens with two attached hydrogens (primary N) is 1. The molecule has 4 heteroatoms. The van der Waals surface area contributed by atoms with Gasteiger partial charge in [0.15, 0.2) is 0 Å². The third kappa shape index (κ3) is 4.91. The molecule has 0 amide bonds. The molecule has 1 atom stereocenters. The standard InChI is InChI=1S/C16H31N3O/c1-7-14-13(11-12(3)17)15(8-2)19(18-14)9-10-20-16(4,5)6/h12H,7-11,17H2,1-6H3. The molecule has 0 spiro atoms. The van der Waals surface area contributed by atoms with Gasteiger partial charge in [-0.15, -0.1) is 0 Å². The van der Waals surface area contributed by atoms with Crippen molar-refractivity contribution in [2.24, 2.45) is 5.73 Å². The zero-order valence-electron chi connectivity index (χ0n) is 14.0. The van der Waals surface area contributed by atoms with Gasteiger partial charge >= 0.3 is 0 Å². The van der Waals surface area contributed by atoms with Crippen LogP contribution in [0.4, 0.5) is 0 Å². The van der Waals surface area contributed by atoms with E-state index in [-0.39, 0.29) is 11.6 Å². The summed E-state index contributed by atoms with van der Waals surface area (Å²) >= 11 is 0. The highest BCUT2D eigenvalue weighted by Crippen LogP contribution is 2.18. The first-order valence-corrected chi connectivity index (χ1v) is 7.75. The number of ether oxygens (including phenoxy) is 1. The second kappa shape index (κ2) is 7.23. The maximum Gasteiger partial charge on any atom is 0.0669 e. The van der Waals surface area contributed by atoms with E-state index < -0.39 is 0 Å². The van der Waals surface area contributed by atoms with Gasteiger partial charge in [0, 0.05) is 11.7 Å². The lowest BCUT2D eigenvalue weighted by molar-refractivity contribution is -0.00817. The van der Waals surface area contributed by atoms with Gasteiger partial charge in [0.25, 0.3) is 0 Å². The summed E-state index contributed by atoms with van der Waals surface area (Å²) in [6.07, 6.45) is 2.86. The first kappa shape index (κ1) is 17.2. The van der Waals surface area contributed by atoms with E-state index in [0.29, 0.717) is 6.61 Å². The molecule has 0 aliphatic rings. The minimum Gasteiger partial charge on any atom is -0.374 e. The van der Waals surface area contributed by atoms with Crippen LogP contribution in [0.5, 0.6) is 0 Å². The highest BCUT2D eigenvalue weighted by Gasteiger charge is 2.17. The lowest BCUT2D eigenvalue weighted by Gasteiger charge is -2.19. The maximum absolute atomic E-state index is 5.98. The molecular formula is C16H31N3O. The van der Waals surface area contributed by atoms with Gasteiger partial charge < -0.3 is 10.5 Å². The number of rotatable bonds is 7. The first-order valence-electron chi connectivity index (χ1n) is 7.75. The molecule has 1 aromatic heterocycles. The summed E-state index contributed by atoms with van der Waals surface area (Å²) < 4.78 is 7.92. The normalized spacial score (nSPS) is 13.8. The van der Waals surface area contributed by atoms with Crippen molar-refractivity contribution in [3.05, 3.63) is 17.0 Å². The minimum absolute atomic E-state index is 0.0955. The molecule has 1 rings (SSSR count). The van der Waals surface area contributed by atoms with E-state index in [2.05, 4.69) is 46.2 Å². The topological polar surface area (TPSA) is 53.1 Å². The Labute approximate surface area is 123 Å². The molecule has 0 fully saturated rings. The predicted molar refractivity (Wildman–Crippen MR) is 84.0 cm³/mol. The largest absolute Gasteiger partial charge is 0.374 e. The summed E-state index contributed by atoms with van der Waals surface area (Å²) in [7, 11) is 0. The molecule has 1 aromatic rings. The van der Waals surface area contributed by atoms with Crippen LogP contribution in [0.1, 0.15) is 58.5 Å². The van der Waals surface area contributed by atoms with Crippen LogP contribution in [0.25, 0.3) is 0 Å². The van der Waals surface area contributed by atoms with Crippen LogP contribution in [-0.4, -0.2) is 28.0 Å². The van der Waals surface area contributed by atoms with Gasteiger partial charge in [0.05, 0.1) is 24.4 Å². The number of nitrogens with zero attached hydrogens (tertiary/aromatic N) is 2. The van der Waals surface area contributed by atoms with Crippen LogP contribution >= 0.6 is 0 Å². The maximum atomic E-state index is 5.98. The zero-order chi connectivity index (χ0) is 15.3. The lowest BCUT2D eigenvalue weighted by Crippen LogP contribution is -2.23. The second-order valence-electron chi connectivity index (χ2n) is 6.44. The lowest BCUT2D eigenvalue weighted by atomic mass is 10.0. The van der Waals surface area contributed by atoms with Crippen molar-refractivity contribution in [3.8, 4) is 0 Å². The average Bonchev–Trinajstić information content (AvgIpc) is 2.64. The minimum atomic E-state index is -0.0955. The van der Waals surface area contributed by atoms with Crippen molar-refractivity contribution in [3.63, 3.8) is 0 Å². The molecule has 20 heavy (non-hydrogen) atoms. The van der Waals surface area contributed by atoms with Crippen molar-refractivity contribution in [1.29, 1.82) is 0 Å². The Morgan fingerprint density at radius 1 is 1.25 bits per heavy atom. The van der Waals surface area contributed by atoms with Crippen LogP contribution in [0.2, 0.25) is 0 Å². The van der Waals surface area contributed by atoms with Crippen LogP contribution < -0.4 is 5.73 Å².